The number of ether oxygens (including phenoxy) is 1. The van der Waals surface area contributed by atoms with Gasteiger partial charge in [0.25, 0.3) is 0 Å². The Bertz CT molecular complexity index is 576. The van der Waals surface area contributed by atoms with Crippen LogP contribution in [0.4, 0.5) is 0 Å². The van der Waals surface area contributed by atoms with Crippen molar-refractivity contribution in [2.24, 2.45) is 5.92 Å². The van der Waals surface area contributed by atoms with E-state index < -0.39 is 23.6 Å². The molecule has 1 unspecified atom stereocenters. The van der Waals surface area contributed by atoms with Gasteiger partial charge in [-0.3, -0.25) is 9.59 Å². The number of benzene rings is 1. The molecule has 1 aliphatic rings. The van der Waals surface area contributed by atoms with Gasteiger partial charge in [-0.25, -0.2) is 4.79 Å². The Morgan fingerprint density at radius 3 is 2.45 bits per heavy atom. The SMILES string of the molecule is CC(=O)C(=O)C(OC(=O)c1cccc(Cl)c1)C1CCCCC1. The zero-order valence-corrected chi connectivity index (χ0v) is 13.3. The molecule has 0 aliphatic heterocycles. The summed E-state index contributed by atoms with van der Waals surface area (Å²) in [6, 6.07) is 6.35. The number of halogens is 1. The molecule has 1 saturated carbocycles. The molecule has 1 aromatic rings. The van der Waals surface area contributed by atoms with Gasteiger partial charge in [0.05, 0.1) is 5.56 Å². The van der Waals surface area contributed by atoms with Crippen molar-refractivity contribution in [3.63, 3.8) is 0 Å². The predicted molar refractivity (Wildman–Crippen MR) is 82.9 cm³/mol. The molecule has 1 atom stereocenters. The highest BCUT2D eigenvalue weighted by atomic mass is 35.5. The lowest BCUT2D eigenvalue weighted by Gasteiger charge is -2.28. The highest BCUT2D eigenvalue weighted by Crippen LogP contribution is 2.29. The molecule has 4 nitrogen and oxygen atoms in total. The lowest BCUT2D eigenvalue weighted by atomic mass is 9.83. The van der Waals surface area contributed by atoms with E-state index in [9.17, 15) is 14.4 Å². The van der Waals surface area contributed by atoms with Crippen LogP contribution in [-0.2, 0) is 14.3 Å². The third-order valence-electron chi connectivity index (χ3n) is 3.98. The largest absolute Gasteiger partial charge is 0.450 e. The number of hydrogen-bond acceptors (Lipinski definition) is 4. The zero-order valence-electron chi connectivity index (χ0n) is 12.5. The van der Waals surface area contributed by atoms with Gasteiger partial charge in [-0.15, -0.1) is 0 Å². The van der Waals surface area contributed by atoms with Crippen LogP contribution in [0.1, 0.15) is 49.4 Å². The number of carbonyl (C=O) groups is 3. The minimum absolute atomic E-state index is 0.0757. The Hall–Kier alpha value is -1.68. The molecular formula is C17H19ClO4. The Balaban J connectivity index is 2.16. The maximum atomic E-state index is 12.2. The van der Waals surface area contributed by atoms with Crippen LogP contribution in [0.25, 0.3) is 0 Å². The Morgan fingerprint density at radius 1 is 1.18 bits per heavy atom. The van der Waals surface area contributed by atoms with E-state index >= 15 is 0 Å². The van der Waals surface area contributed by atoms with Gasteiger partial charge in [0, 0.05) is 17.9 Å². The van der Waals surface area contributed by atoms with Crippen LogP contribution < -0.4 is 0 Å². The molecule has 0 radical (unpaired) electrons. The van der Waals surface area contributed by atoms with E-state index in [-0.39, 0.29) is 11.5 Å². The van der Waals surface area contributed by atoms with E-state index in [4.69, 9.17) is 16.3 Å². The van der Waals surface area contributed by atoms with E-state index in [1.54, 1.807) is 18.2 Å². The van der Waals surface area contributed by atoms with Gasteiger partial charge in [0.1, 0.15) is 0 Å². The summed E-state index contributed by atoms with van der Waals surface area (Å²) in [5.74, 6) is -1.89. The second-order valence-corrected chi connectivity index (χ2v) is 6.09. The molecule has 2 rings (SSSR count). The second-order valence-electron chi connectivity index (χ2n) is 5.65. The zero-order chi connectivity index (χ0) is 16.1. The molecule has 118 valence electrons. The van der Waals surface area contributed by atoms with Crippen molar-refractivity contribution < 1.29 is 19.1 Å². The van der Waals surface area contributed by atoms with E-state index in [1.165, 1.54) is 13.0 Å². The Kier molecular flexibility index (Phi) is 5.72. The van der Waals surface area contributed by atoms with E-state index in [0.717, 1.165) is 32.1 Å². The first-order valence-electron chi connectivity index (χ1n) is 7.50. The molecule has 1 aliphatic carbocycles. The van der Waals surface area contributed by atoms with Crippen molar-refractivity contribution in [2.75, 3.05) is 0 Å². The van der Waals surface area contributed by atoms with Crippen LogP contribution in [0.5, 0.6) is 0 Å². The Labute approximate surface area is 134 Å². The third-order valence-corrected chi connectivity index (χ3v) is 4.21. The van der Waals surface area contributed by atoms with Gasteiger partial charge in [0.2, 0.25) is 5.78 Å². The number of esters is 1. The van der Waals surface area contributed by atoms with Gasteiger partial charge in [-0.05, 0) is 31.0 Å². The van der Waals surface area contributed by atoms with Crippen molar-refractivity contribution in [1.29, 1.82) is 0 Å². The first kappa shape index (κ1) is 16.7. The van der Waals surface area contributed by atoms with Crippen LogP contribution in [-0.4, -0.2) is 23.6 Å². The van der Waals surface area contributed by atoms with E-state index in [0.29, 0.717) is 5.02 Å². The predicted octanol–water partition coefficient (Wildman–Crippen LogP) is 3.60. The third kappa shape index (κ3) is 4.17. The molecule has 0 bridgehead atoms. The number of ketones is 2. The smallest absolute Gasteiger partial charge is 0.338 e. The molecule has 0 amide bonds. The maximum Gasteiger partial charge on any atom is 0.338 e. The molecular weight excluding hydrogens is 304 g/mol. The Morgan fingerprint density at radius 2 is 1.86 bits per heavy atom. The highest BCUT2D eigenvalue weighted by Gasteiger charge is 2.35. The van der Waals surface area contributed by atoms with Gasteiger partial charge in [0.15, 0.2) is 11.9 Å². The van der Waals surface area contributed by atoms with Gasteiger partial charge < -0.3 is 4.74 Å². The van der Waals surface area contributed by atoms with Crippen molar-refractivity contribution in [2.45, 2.75) is 45.1 Å². The first-order chi connectivity index (χ1) is 10.5. The molecule has 1 aromatic carbocycles. The van der Waals surface area contributed by atoms with Crippen molar-refractivity contribution in [3.8, 4) is 0 Å². The minimum atomic E-state index is -0.982. The quantitative estimate of drug-likeness (QED) is 0.614. The highest BCUT2D eigenvalue weighted by molar-refractivity contribution is 6.38. The van der Waals surface area contributed by atoms with Crippen LogP contribution in [0.3, 0.4) is 0 Å². The molecule has 22 heavy (non-hydrogen) atoms. The average molecular weight is 323 g/mol. The lowest BCUT2D eigenvalue weighted by Crippen LogP contribution is -2.39. The van der Waals surface area contributed by atoms with Gasteiger partial charge >= 0.3 is 5.97 Å². The van der Waals surface area contributed by atoms with E-state index in [2.05, 4.69) is 0 Å². The molecule has 0 aromatic heterocycles. The molecule has 0 spiro atoms. The molecule has 0 saturated heterocycles. The lowest BCUT2D eigenvalue weighted by molar-refractivity contribution is -0.143. The average Bonchev–Trinajstić information content (AvgIpc) is 2.52. The fourth-order valence-electron chi connectivity index (χ4n) is 2.80. The molecule has 0 heterocycles. The number of Topliss-reactive ketones (excluding diaryl/α,β-unsaturated/α-hetero) is 2. The van der Waals surface area contributed by atoms with E-state index in [1.807, 2.05) is 0 Å². The topological polar surface area (TPSA) is 60.4 Å². The second kappa shape index (κ2) is 7.54. The fourth-order valence-corrected chi connectivity index (χ4v) is 2.99. The van der Waals surface area contributed by atoms with Crippen LogP contribution in [0.2, 0.25) is 5.02 Å². The maximum absolute atomic E-state index is 12.2. The van der Waals surface area contributed by atoms with Crippen LogP contribution in [0.15, 0.2) is 24.3 Å². The fraction of sp³-hybridized carbons (Fsp3) is 0.471. The van der Waals surface area contributed by atoms with Crippen molar-refractivity contribution in [3.05, 3.63) is 34.9 Å². The number of rotatable bonds is 5. The summed E-state index contributed by atoms with van der Waals surface area (Å²) < 4.78 is 5.39. The summed E-state index contributed by atoms with van der Waals surface area (Å²) in [7, 11) is 0. The summed E-state index contributed by atoms with van der Waals surface area (Å²) in [4.78, 5) is 35.8. The summed E-state index contributed by atoms with van der Waals surface area (Å²) in [5.41, 5.74) is 0.282. The number of hydrogen-bond donors (Lipinski definition) is 0. The molecule has 5 heteroatoms. The normalized spacial score (nSPS) is 16.8. The summed E-state index contributed by atoms with van der Waals surface area (Å²) in [6.07, 6.45) is 3.70. The summed E-state index contributed by atoms with van der Waals surface area (Å²) >= 11 is 5.86. The van der Waals surface area contributed by atoms with Crippen LogP contribution in [0, 0.1) is 5.92 Å². The summed E-state index contributed by atoms with van der Waals surface area (Å²) in [5, 5.41) is 0.418. The standard InChI is InChI=1S/C17H19ClO4/c1-11(19)15(20)16(12-6-3-2-4-7-12)22-17(21)13-8-5-9-14(18)10-13/h5,8-10,12,16H,2-4,6-7H2,1H3. The van der Waals surface area contributed by atoms with Gasteiger partial charge in [-0.1, -0.05) is 36.9 Å². The van der Waals surface area contributed by atoms with Crippen LogP contribution >= 0.6 is 11.6 Å². The minimum Gasteiger partial charge on any atom is -0.450 e. The molecule has 1 fully saturated rings. The van der Waals surface area contributed by atoms with Gasteiger partial charge in [-0.2, -0.15) is 0 Å². The summed E-state index contributed by atoms with van der Waals surface area (Å²) in [6.45, 7) is 1.21. The first-order valence-corrected chi connectivity index (χ1v) is 7.88. The monoisotopic (exact) mass is 322 g/mol. The van der Waals surface area contributed by atoms with Crippen molar-refractivity contribution in [1.82, 2.24) is 0 Å². The molecule has 0 N–H and O–H groups in total. The van der Waals surface area contributed by atoms with Crippen molar-refractivity contribution >= 4 is 29.1 Å². The number of carbonyl (C=O) groups excluding carboxylic acids is 3.